The fourth-order valence-corrected chi connectivity index (χ4v) is 3.96. The van der Waals surface area contributed by atoms with Crippen molar-refractivity contribution in [1.82, 2.24) is 20.1 Å². The molecule has 0 atom stereocenters. The third-order valence-electron chi connectivity index (χ3n) is 5.43. The topological polar surface area (TPSA) is 109 Å². The van der Waals surface area contributed by atoms with Crippen LogP contribution >= 0.6 is 11.6 Å². The van der Waals surface area contributed by atoms with Crippen molar-refractivity contribution in [3.8, 4) is 0 Å². The molecule has 0 bridgehead atoms. The van der Waals surface area contributed by atoms with Crippen molar-refractivity contribution in [2.45, 2.75) is 38.5 Å². The average molecular weight is 454 g/mol. The molecule has 0 unspecified atom stereocenters. The Bertz CT molecular complexity index is 1340. The van der Waals surface area contributed by atoms with Crippen molar-refractivity contribution in [3.63, 3.8) is 0 Å². The van der Waals surface area contributed by atoms with E-state index in [9.17, 15) is 9.59 Å². The predicted octanol–water partition coefficient (Wildman–Crippen LogP) is 4.31. The number of nitrogens with zero attached hydrogens (tertiary/aromatic N) is 3. The van der Waals surface area contributed by atoms with Gasteiger partial charge in [0.05, 0.1) is 10.9 Å². The molecule has 2 aromatic carbocycles. The lowest BCUT2D eigenvalue weighted by atomic mass is 10.1. The fourth-order valence-electron chi connectivity index (χ4n) is 3.79. The summed E-state index contributed by atoms with van der Waals surface area (Å²) in [5.41, 5.74) is 2.49. The lowest BCUT2D eigenvalue weighted by Crippen LogP contribution is -2.20. The van der Waals surface area contributed by atoms with Gasteiger partial charge in [0.2, 0.25) is 5.91 Å². The minimum Gasteiger partial charge on any atom is -0.368 e. The Morgan fingerprint density at radius 3 is 2.56 bits per heavy atom. The zero-order valence-corrected chi connectivity index (χ0v) is 18.2. The van der Waals surface area contributed by atoms with Crippen molar-refractivity contribution in [2.75, 3.05) is 11.9 Å². The molecule has 4 aromatic rings. The number of carbonyl (C=O) groups is 1. The van der Waals surface area contributed by atoms with Crippen LogP contribution in [0.15, 0.2) is 47.3 Å². The van der Waals surface area contributed by atoms with Crippen molar-refractivity contribution >= 4 is 50.6 Å². The first-order chi connectivity index (χ1) is 15.6. The van der Waals surface area contributed by atoms with Crippen molar-refractivity contribution in [1.29, 1.82) is 0 Å². The van der Waals surface area contributed by atoms with E-state index in [1.807, 2.05) is 24.3 Å². The number of carbonyl (C=O) groups excluding carboxylic acids is 1. The molecule has 0 saturated carbocycles. The maximum Gasteiger partial charge on any atom is 0.282 e. The highest BCUT2D eigenvalue weighted by molar-refractivity contribution is 6.31. The van der Waals surface area contributed by atoms with Gasteiger partial charge in [-0.05, 0) is 31.0 Å². The molecule has 0 spiro atoms. The van der Waals surface area contributed by atoms with Crippen LogP contribution in [0.2, 0.25) is 5.02 Å². The molecule has 2 heterocycles. The second kappa shape index (κ2) is 9.93. The molecule has 1 amide bonds. The zero-order valence-electron chi connectivity index (χ0n) is 17.5. The summed E-state index contributed by atoms with van der Waals surface area (Å²) < 4.78 is 1.34. The molecule has 0 radical (unpaired) electrons. The fraction of sp³-hybridized carbons (Fsp3) is 0.304. The smallest absolute Gasteiger partial charge is 0.282 e. The highest BCUT2D eigenvalue weighted by Crippen LogP contribution is 2.25. The second-order valence-electron chi connectivity index (χ2n) is 7.69. The van der Waals surface area contributed by atoms with Crippen LogP contribution in [0.3, 0.4) is 0 Å². The SMILES string of the molecule is O=C(CCCCCCCNc1nn2c(=O)c3cc(Cl)ccc3nc2c2ccccc12)NO. The van der Waals surface area contributed by atoms with E-state index in [2.05, 4.69) is 15.4 Å². The van der Waals surface area contributed by atoms with Crippen molar-refractivity contribution < 1.29 is 10.0 Å². The Hall–Kier alpha value is -3.23. The van der Waals surface area contributed by atoms with Crippen LogP contribution in [0.5, 0.6) is 0 Å². The Kier molecular flexibility index (Phi) is 6.82. The third kappa shape index (κ3) is 4.66. The van der Waals surface area contributed by atoms with Crippen LogP contribution in [0.25, 0.3) is 27.3 Å². The van der Waals surface area contributed by atoms with Gasteiger partial charge in [0.25, 0.3) is 5.56 Å². The third-order valence-corrected chi connectivity index (χ3v) is 5.66. The first-order valence-corrected chi connectivity index (χ1v) is 11.0. The number of aromatic nitrogens is 3. The van der Waals surface area contributed by atoms with Gasteiger partial charge in [0.1, 0.15) is 0 Å². The number of fused-ring (bicyclic) bond motifs is 4. The van der Waals surface area contributed by atoms with Gasteiger partial charge in [0, 0.05) is 28.8 Å². The quantitative estimate of drug-likeness (QED) is 0.114. The van der Waals surface area contributed by atoms with Gasteiger partial charge in [-0.1, -0.05) is 55.1 Å². The van der Waals surface area contributed by atoms with Crippen LogP contribution in [-0.4, -0.2) is 32.3 Å². The average Bonchev–Trinajstić information content (AvgIpc) is 2.81. The lowest BCUT2D eigenvalue weighted by molar-refractivity contribution is -0.129. The molecule has 166 valence electrons. The maximum atomic E-state index is 13.1. The number of hydrogen-bond acceptors (Lipinski definition) is 6. The summed E-state index contributed by atoms with van der Waals surface area (Å²) in [5, 5.41) is 19.1. The van der Waals surface area contributed by atoms with E-state index in [0.29, 0.717) is 40.4 Å². The first-order valence-electron chi connectivity index (χ1n) is 10.7. The van der Waals surface area contributed by atoms with E-state index >= 15 is 0 Å². The van der Waals surface area contributed by atoms with Gasteiger partial charge in [0.15, 0.2) is 11.5 Å². The Morgan fingerprint density at radius 1 is 1.00 bits per heavy atom. The van der Waals surface area contributed by atoms with Crippen molar-refractivity contribution in [2.24, 2.45) is 0 Å². The van der Waals surface area contributed by atoms with E-state index in [0.717, 1.165) is 42.9 Å². The Morgan fingerprint density at radius 2 is 1.75 bits per heavy atom. The van der Waals surface area contributed by atoms with Crippen LogP contribution in [-0.2, 0) is 4.79 Å². The molecule has 2 aromatic heterocycles. The van der Waals surface area contributed by atoms with Gasteiger partial charge >= 0.3 is 0 Å². The summed E-state index contributed by atoms with van der Waals surface area (Å²) in [6.45, 7) is 0.710. The molecule has 9 heteroatoms. The second-order valence-corrected chi connectivity index (χ2v) is 8.12. The molecular formula is C23H24ClN5O3. The summed E-state index contributed by atoms with van der Waals surface area (Å²) in [5.74, 6) is 0.290. The van der Waals surface area contributed by atoms with Gasteiger partial charge in [-0.25, -0.2) is 10.5 Å². The van der Waals surface area contributed by atoms with Gasteiger partial charge in [-0.15, -0.1) is 5.10 Å². The molecule has 0 aliphatic rings. The summed E-state index contributed by atoms with van der Waals surface area (Å²) in [7, 11) is 0. The maximum absolute atomic E-state index is 13.1. The van der Waals surface area contributed by atoms with Gasteiger partial charge in [-0.3, -0.25) is 14.8 Å². The number of rotatable bonds is 9. The van der Waals surface area contributed by atoms with Crippen LogP contribution in [0.4, 0.5) is 5.82 Å². The van der Waals surface area contributed by atoms with Gasteiger partial charge in [-0.2, -0.15) is 4.52 Å². The number of hydroxylamine groups is 1. The molecule has 0 saturated heterocycles. The minimum atomic E-state index is -0.347. The van der Waals surface area contributed by atoms with Crippen molar-refractivity contribution in [3.05, 3.63) is 57.8 Å². The molecule has 3 N–H and O–H groups in total. The van der Waals surface area contributed by atoms with Crippen LogP contribution in [0.1, 0.15) is 38.5 Å². The number of unbranched alkanes of at least 4 members (excludes halogenated alkanes) is 4. The zero-order chi connectivity index (χ0) is 22.5. The molecule has 0 fully saturated rings. The molecule has 0 aliphatic heterocycles. The number of nitrogens with one attached hydrogen (secondary N) is 2. The molecule has 32 heavy (non-hydrogen) atoms. The summed E-state index contributed by atoms with van der Waals surface area (Å²) in [6.07, 6.45) is 4.96. The number of hydrogen-bond donors (Lipinski definition) is 3. The normalized spacial score (nSPS) is 11.3. The molecule has 8 nitrogen and oxygen atoms in total. The highest BCUT2D eigenvalue weighted by Gasteiger charge is 2.13. The summed E-state index contributed by atoms with van der Waals surface area (Å²) in [6, 6.07) is 12.8. The number of amides is 1. The monoisotopic (exact) mass is 453 g/mol. The molecule has 0 aliphatic carbocycles. The van der Waals surface area contributed by atoms with E-state index in [1.165, 1.54) is 4.52 Å². The van der Waals surface area contributed by atoms with E-state index in [-0.39, 0.29) is 11.5 Å². The summed E-state index contributed by atoms with van der Waals surface area (Å²) in [4.78, 5) is 28.8. The Labute approximate surface area is 189 Å². The number of halogens is 1. The Balaban J connectivity index is 1.53. The van der Waals surface area contributed by atoms with Crippen LogP contribution in [0, 0.1) is 0 Å². The van der Waals surface area contributed by atoms with E-state index in [4.69, 9.17) is 16.8 Å². The number of benzene rings is 2. The summed E-state index contributed by atoms with van der Waals surface area (Å²) >= 11 is 6.08. The largest absolute Gasteiger partial charge is 0.368 e. The highest BCUT2D eigenvalue weighted by atomic mass is 35.5. The first kappa shape index (κ1) is 22.0. The van der Waals surface area contributed by atoms with Gasteiger partial charge < -0.3 is 5.32 Å². The minimum absolute atomic E-state index is 0.256. The van der Waals surface area contributed by atoms with E-state index in [1.54, 1.807) is 23.7 Å². The molecule has 4 rings (SSSR count). The van der Waals surface area contributed by atoms with E-state index < -0.39 is 0 Å². The lowest BCUT2D eigenvalue weighted by Gasteiger charge is -2.12. The standard InChI is InChI=1S/C23H24ClN5O3/c24-15-11-12-19-18(14-15)23(31)29-22(26-19)17-9-6-5-8-16(17)21(27-29)25-13-7-3-1-2-4-10-20(30)28-32/h5-6,8-9,11-12,14,32H,1-4,7,10,13H2,(H,25,27)(H,28,30). The van der Waals surface area contributed by atoms with Crippen LogP contribution < -0.4 is 16.4 Å². The predicted molar refractivity (Wildman–Crippen MR) is 125 cm³/mol. The number of anilines is 1. The molecular weight excluding hydrogens is 430 g/mol.